The molecule has 0 bridgehead atoms. The summed E-state index contributed by atoms with van der Waals surface area (Å²) in [7, 11) is 3.02. The Balaban J connectivity index is 1.84. The summed E-state index contributed by atoms with van der Waals surface area (Å²) in [6.45, 7) is 0. The topological polar surface area (TPSA) is 60.5 Å². The van der Waals surface area contributed by atoms with Gasteiger partial charge in [-0.05, 0) is 18.2 Å². The van der Waals surface area contributed by atoms with Gasteiger partial charge in [0.25, 0.3) is 0 Å². The van der Waals surface area contributed by atoms with Gasteiger partial charge >= 0.3 is 5.97 Å². The number of thiophene rings is 1. The van der Waals surface area contributed by atoms with Crippen LogP contribution in [0.15, 0.2) is 42.5 Å². The fourth-order valence-corrected chi connectivity index (χ4v) is 4.62. The number of rotatable bonds is 4. The SMILES string of the molecule is COC(=O)c1sc2ccccc2c1Nc1nc2c(OC)cccc2s1. The second-order valence-corrected chi connectivity index (χ2v) is 7.33. The minimum Gasteiger partial charge on any atom is -0.494 e. The van der Waals surface area contributed by atoms with Crippen molar-refractivity contribution in [2.24, 2.45) is 0 Å². The molecule has 4 rings (SSSR count). The largest absolute Gasteiger partial charge is 0.494 e. The predicted molar refractivity (Wildman–Crippen MR) is 103 cm³/mol. The molecule has 0 saturated carbocycles. The lowest BCUT2D eigenvalue weighted by atomic mass is 10.2. The molecule has 0 unspecified atom stereocenters. The molecule has 0 radical (unpaired) electrons. The summed E-state index contributed by atoms with van der Waals surface area (Å²) in [6.07, 6.45) is 0. The van der Waals surface area contributed by atoms with E-state index in [2.05, 4.69) is 10.3 Å². The summed E-state index contributed by atoms with van der Waals surface area (Å²) in [5.41, 5.74) is 1.53. The molecule has 2 aromatic carbocycles. The van der Waals surface area contributed by atoms with Crippen LogP contribution in [0.3, 0.4) is 0 Å². The number of aromatic nitrogens is 1. The Kier molecular flexibility index (Phi) is 4.03. The number of carbonyl (C=O) groups is 1. The first-order valence-electron chi connectivity index (χ1n) is 7.51. The lowest BCUT2D eigenvalue weighted by Crippen LogP contribution is -2.02. The molecule has 0 saturated heterocycles. The van der Waals surface area contributed by atoms with Crippen LogP contribution in [0.25, 0.3) is 20.3 Å². The van der Waals surface area contributed by atoms with Gasteiger partial charge in [-0.2, -0.15) is 0 Å². The second kappa shape index (κ2) is 6.34. The number of benzene rings is 2. The van der Waals surface area contributed by atoms with Crippen LogP contribution in [0.1, 0.15) is 9.67 Å². The molecule has 126 valence electrons. The van der Waals surface area contributed by atoms with Crippen molar-refractivity contribution in [3.8, 4) is 5.75 Å². The predicted octanol–water partition coefficient (Wildman–Crippen LogP) is 5.05. The number of anilines is 2. The Hall–Kier alpha value is -2.64. The monoisotopic (exact) mass is 370 g/mol. The molecule has 0 atom stereocenters. The van der Waals surface area contributed by atoms with E-state index in [9.17, 15) is 4.79 Å². The van der Waals surface area contributed by atoms with Crippen molar-refractivity contribution in [3.05, 3.63) is 47.3 Å². The zero-order chi connectivity index (χ0) is 17.4. The third-order valence-electron chi connectivity index (χ3n) is 3.80. The van der Waals surface area contributed by atoms with E-state index in [4.69, 9.17) is 9.47 Å². The molecular weight excluding hydrogens is 356 g/mol. The van der Waals surface area contributed by atoms with Crippen LogP contribution in [-0.2, 0) is 4.74 Å². The van der Waals surface area contributed by atoms with Gasteiger partial charge < -0.3 is 14.8 Å². The van der Waals surface area contributed by atoms with Gasteiger partial charge in [-0.15, -0.1) is 11.3 Å². The molecule has 0 amide bonds. The van der Waals surface area contributed by atoms with E-state index in [-0.39, 0.29) is 5.97 Å². The van der Waals surface area contributed by atoms with E-state index >= 15 is 0 Å². The molecule has 5 nitrogen and oxygen atoms in total. The molecule has 0 aliphatic heterocycles. The Morgan fingerprint density at radius 2 is 1.84 bits per heavy atom. The summed E-state index contributed by atoms with van der Waals surface area (Å²) in [6, 6.07) is 13.7. The van der Waals surface area contributed by atoms with Crippen LogP contribution in [0, 0.1) is 0 Å². The molecule has 0 spiro atoms. The number of carbonyl (C=O) groups excluding carboxylic acids is 1. The lowest BCUT2D eigenvalue weighted by Gasteiger charge is -2.04. The van der Waals surface area contributed by atoms with Gasteiger partial charge in [0.05, 0.1) is 24.6 Å². The summed E-state index contributed by atoms with van der Waals surface area (Å²) < 4.78 is 12.3. The molecule has 7 heteroatoms. The Morgan fingerprint density at radius 1 is 1.04 bits per heavy atom. The van der Waals surface area contributed by atoms with E-state index in [1.54, 1.807) is 7.11 Å². The van der Waals surface area contributed by atoms with Crippen LogP contribution in [0.4, 0.5) is 10.8 Å². The molecule has 2 heterocycles. The Bertz CT molecular complexity index is 1080. The van der Waals surface area contributed by atoms with Gasteiger partial charge in [-0.25, -0.2) is 9.78 Å². The van der Waals surface area contributed by atoms with Crippen LogP contribution < -0.4 is 10.1 Å². The summed E-state index contributed by atoms with van der Waals surface area (Å²) in [5, 5.41) is 4.99. The highest BCUT2D eigenvalue weighted by molar-refractivity contribution is 7.23. The Labute approximate surface area is 151 Å². The molecule has 0 aliphatic carbocycles. The highest BCUT2D eigenvalue weighted by Crippen LogP contribution is 2.40. The van der Waals surface area contributed by atoms with Gasteiger partial charge in [0.15, 0.2) is 5.13 Å². The average Bonchev–Trinajstić information content (AvgIpc) is 3.22. The number of hydrogen-bond acceptors (Lipinski definition) is 7. The number of nitrogens with one attached hydrogen (secondary N) is 1. The first kappa shape index (κ1) is 15.9. The van der Waals surface area contributed by atoms with Crippen molar-refractivity contribution in [3.63, 3.8) is 0 Å². The highest BCUT2D eigenvalue weighted by Gasteiger charge is 2.20. The highest BCUT2D eigenvalue weighted by atomic mass is 32.1. The first-order chi connectivity index (χ1) is 12.2. The van der Waals surface area contributed by atoms with Crippen LogP contribution in [0.5, 0.6) is 5.75 Å². The second-order valence-electron chi connectivity index (χ2n) is 5.24. The number of para-hydroxylation sites is 1. The molecule has 1 N–H and O–H groups in total. The quantitative estimate of drug-likeness (QED) is 0.509. The van der Waals surface area contributed by atoms with Crippen molar-refractivity contribution < 1.29 is 14.3 Å². The van der Waals surface area contributed by atoms with Crippen molar-refractivity contribution in [2.45, 2.75) is 0 Å². The Morgan fingerprint density at radius 3 is 2.64 bits per heavy atom. The van der Waals surface area contributed by atoms with Crippen LogP contribution in [-0.4, -0.2) is 25.2 Å². The van der Waals surface area contributed by atoms with Gasteiger partial charge in [-0.1, -0.05) is 35.6 Å². The minimum absolute atomic E-state index is 0.359. The van der Waals surface area contributed by atoms with Crippen LogP contribution >= 0.6 is 22.7 Å². The number of nitrogens with zero attached hydrogens (tertiary/aromatic N) is 1. The maximum atomic E-state index is 12.2. The minimum atomic E-state index is -0.359. The fraction of sp³-hybridized carbons (Fsp3) is 0.111. The maximum absolute atomic E-state index is 12.2. The van der Waals surface area contributed by atoms with Gasteiger partial charge in [-0.3, -0.25) is 0 Å². The molecule has 0 fully saturated rings. The summed E-state index contributed by atoms with van der Waals surface area (Å²) >= 11 is 2.92. The smallest absolute Gasteiger partial charge is 0.350 e. The fourth-order valence-electron chi connectivity index (χ4n) is 2.65. The van der Waals surface area contributed by atoms with E-state index in [0.717, 1.165) is 31.7 Å². The van der Waals surface area contributed by atoms with Gasteiger partial charge in [0.1, 0.15) is 16.1 Å². The van der Waals surface area contributed by atoms with E-state index in [1.807, 2.05) is 42.5 Å². The number of ether oxygens (including phenoxy) is 2. The summed E-state index contributed by atoms with van der Waals surface area (Å²) in [4.78, 5) is 17.3. The normalized spacial score (nSPS) is 11.0. The van der Waals surface area contributed by atoms with Crippen molar-refractivity contribution >= 4 is 59.8 Å². The average molecular weight is 370 g/mol. The number of methoxy groups -OCH3 is 2. The zero-order valence-electron chi connectivity index (χ0n) is 13.5. The van der Waals surface area contributed by atoms with E-state index < -0.39 is 0 Å². The molecular formula is C18H14N2O3S2. The molecule has 2 aromatic heterocycles. The number of hydrogen-bond donors (Lipinski definition) is 1. The number of esters is 1. The zero-order valence-corrected chi connectivity index (χ0v) is 15.2. The molecule has 25 heavy (non-hydrogen) atoms. The molecule has 0 aliphatic rings. The van der Waals surface area contributed by atoms with Gasteiger partial charge in [0, 0.05) is 10.1 Å². The standard InChI is InChI=1S/C18H14N2O3S2/c1-22-11-7-5-9-13-15(11)20-18(25-13)19-14-10-6-3-4-8-12(10)24-16(14)17(21)23-2/h3-9H,1-2H3,(H,19,20). The lowest BCUT2D eigenvalue weighted by molar-refractivity contribution is 0.0607. The van der Waals surface area contributed by atoms with Gasteiger partial charge in [0.2, 0.25) is 0 Å². The van der Waals surface area contributed by atoms with E-state index in [1.165, 1.54) is 29.8 Å². The third kappa shape index (κ3) is 2.71. The van der Waals surface area contributed by atoms with E-state index in [0.29, 0.717) is 10.0 Å². The third-order valence-corrected chi connectivity index (χ3v) is 5.89. The maximum Gasteiger partial charge on any atom is 0.350 e. The van der Waals surface area contributed by atoms with Crippen molar-refractivity contribution in [1.29, 1.82) is 0 Å². The molecule has 4 aromatic rings. The summed E-state index contributed by atoms with van der Waals surface area (Å²) in [5.74, 6) is 0.368. The number of thiazole rings is 1. The first-order valence-corrected chi connectivity index (χ1v) is 9.15. The van der Waals surface area contributed by atoms with Crippen molar-refractivity contribution in [1.82, 2.24) is 4.98 Å². The number of fused-ring (bicyclic) bond motifs is 2. The van der Waals surface area contributed by atoms with Crippen molar-refractivity contribution in [2.75, 3.05) is 19.5 Å². The van der Waals surface area contributed by atoms with Crippen LogP contribution in [0.2, 0.25) is 0 Å².